The van der Waals surface area contributed by atoms with Gasteiger partial charge in [-0.25, -0.2) is 9.67 Å². The van der Waals surface area contributed by atoms with Crippen LogP contribution in [0.2, 0.25) is 0 Å². The lowest BCUT2D eigenvalue weighted by molar-refractivity contribution is 0.0674. The van der Waals surface area contributed by atoms with Crippen LogP contribution in [0.5, 0.6) is 11.6 Å². The number of anilines is 1. The van der Waals surface area contributed by atoms with E-state index in [-0.39, 0.29) is 11.9 Å². The standard InChI is InChI=1S/C24H28N6O2/c1-26-23(31)20-21(16-8-9-19(27-14-16)32-18-6-4-3-5-7-18)28-30(22(20)25)17-12-24(13-17)10-11-29(2)15-24/h3-9,14,17H,10-13,15,25H2,1-2H3,(H,26,31). The quantitative estimate of drug-likeness (QED) is 0.642. The van der Waals surface area contributed by atoms with E-state index in [1.54, 1.807) is 19.3 Å². The summed E-state index contributed by atoms with van der Waals surface area (Å²) in [6.45, 7) is 2.26. The number of amides is 1. The molecule has 8 heteroatoms. The fourth-order valence-corrected chi connectivity index (χ4v) is 5.07. The van der Waals surface area contributed by atoms with Gasteiger partial charge in [0.25, 0.3) is 5.91 Å². The van der Waals surface area contributed by atoms with Crippen molar-refractivity contribution in [2.24, 2.45) is 5.41 Å². The second kappa shape index (κ2) is 7.94. The van der Waals surface area contributed by atoms with Crippen LogP contribution in [0.3, 0.4) is 0 Å². The molecule has 2 aromatic heterocycles. The average molecular weight is 433 g/mol. The largest absolute Gasteiger partial charge is 0.439 e. The molecular weight excluding hydrogens is 404 g/mol. The summed E-state index contributed by atoms with van der Waals surface area (Å²) in [7, 11) is 3.77. The van der Waals surface area contributed by atoms with E-state index in [4.69, 9.17) is 15.6 Å². The number of nitrogens with zero attached hydrogens (tertiary/aromatic N) is 4. The van der Waals surface area contributed by atoms with Crippen LogP contribution in [-0.2, 0) is 0 Å². The van der Waals surface area contributed by atoms with Crippen molar-refractivity contribution in [1.82, 2.24) is 25.0 Å². The van der Waals surface area contributed by atoms with Gasteiger partial charge in [0.15, 0.2) is 0 Å². The van der Waals surface area contributed by atoms with Gasteiger partial charge in [-0.1, -0.05) is 18.2 Å². The number of nitrogens with two attached hydrogens (primary N) is 1. The molecule has 1 aromatic carbocycles. The number of likely N-dealkylation sites (tertiary alicyclic amines) is 1. The van der Waals surface area contributed by atoms with Crippen molar-refractivity contribution in [3.05, 3.63) is 54.2 Å². The normalized spacial score (nSPS) is 22.6. The molecule has 1 amide bonds. The molecule has 3 heterocycles. The Morgan fingerprint density at radius 3 is 2.62 bits per heavy atom. The number of hydrogen-bond acceptors (Lipinski definition) is 6. The monoisotopic (exact) mass is 432 g/mol. The van der Waals surface area contributed by atoms with Gasteiger partial charge < -0.3 is 20.7 Å². The highest BCUT2D eigenvalue weighted by Gasteiger charge is 2.49. The number of pyridine rings is 1. The second-order valence-corrected chi connectivity index (χ2v) is 8.98. The predicted molar refractivity (Wildman–Crippen MR) is 123 cm³/mol. The predicted octanol–water partition coefficient (Wildman–Crippen LogP) is 3.34. The molecule has 2 aliphatic rings. The summed E-state index contributed by atoms with van der Waals surface area (Å²) < 4.78 is 7.62. The first-order valence-electron chi connectivity index (χ1n) is 11.0. The Kier molecular flexibility index (Phi) is 5.09. The van der Waals surface area contributed by atoms with Crippen LogP contribution in [0.4, 0.5) is 5.82 Å². The topological polar surface area (TPSA) is 98.3 Å². The average Bonchev–Trinajstić information content (AvgIpc) is 3.34. The SMILES string of the molecule is CNC(=O)c1c(-c2ccc(Oc3ccccc3)nc2)nn(C2CC3(CCN(C)C3)C2)c1N. The number of aromatic nitrogens is 3. The Morgan fingerprint density at radius 2 is 2.00 bits per heavy atom. The minimum Gasteiger partial charge on any atom is -0.439 e. The van der Waals surface area contributed by atoms with Crippen molar-refractivity contribution in [3.63, 3.8) is 0 Å². The van der Waals surface area contributed by atoms with E-state index >= 15 is 0 Å². The fourth-order valence-electron chi connectivity index (χ4n) is 5.07. The van der Waals surface area contributed by atoms with E-state index in [2.05, 4.69) is 22.2 Å². The molecule has 1 aliphatic carbocycles. The molecule has 1 saturated carbocycles. The zero-order valence-corrected chi connectivity index (χ0v) is 18.4. The highest BCUT2D eigenvalue weighted by molar-refractivity contribution is 6.04. The molecule has 3 N–H and O–H groups in total. The minimum atomic E-state index is -0.247. The first kappa shape index (κ1) is 20.5. The van der Waals surface area contributed by atoms with E-state index < -0.39 is 0 Å². The van der Waals surface area contributed by atoms with Gasteiger partial charge >= 0.3 is 0 Å². The molecule has 1 spiro atoms. The van der Waals surface area contributed by atoms with Crippen molar-refractivity contribution >= 4 is 11.7 Å². The Balaban J connectivity index is 1.42. The van der Waals surface area contributed by atoms with Gasteiger partial charge in [0.1, 0.15) is 22.8 Å². The lowest BCUT2D eigenvalue weighted by Gasteiger charge is -2.45. The lowest BCUT2D eigenvalue weighted by Crippen LogP contribution is -2.41. The Morgan fingerprint density at radius 1 is 1.22 bits per heavy atom. The number of carbonyl (C=O) groups excluding carboxylic acids is 1. The highest BCUT2D eigenvalue weighted by atomic mass is 16.5. The van der Waals surface area contributed by atoms with Crippen molar-refractivity contribution in [2.75, 3.05) is 32.9 Å². The molecule has 0 unspecified atom stereocenters. The molecule has 1 aliphatic heterocycles. The summed E-state index contributed by atoms with van der Waals surface area (Å²) in [5.74, 6) is 1.35. The minimum absolute atomic E-state index is 0.215. The third kappa shape index (κ3) is 3.60. The third-order valence-corrected chi connectivity index (χ3v) is 6.69. The Bertz CT molecular complexity index is 1120. The molecule has 166 valence electrons. The maximum absolute atomic E-state index is 12.7. The second-order valence-electron chi connectivity index (χ2n) is 8.98. The third-order valence-electron chi connectivity index (χ3n) is 6.69. The molecule has 8 nitrogen and oxygen atoms in total. The van der Waals surface area contributed by atoms with Crippen molar-refractivity contribution in [3.8, 4) is 22.9 Å². The van der Waals surface area contributed by atoms with Gasteiger partial charge in [0.05, 0.1) is 6.04 Å². The fraction of sp³-hybridized carbons (Fsp3) is 0.375. The summed E-state index contributed by atoms with van der Waals surface area (Å²) >= 11 is 0. The van der Waals surface area contributed by atoms with Gasteiger partial charge in [-0.3, -0.25) is 4.79 Å². The van der Waals surface area contributed by atoms with E-state index in [0.717, 1.165) is 31.5 Å². The molecule has 0 atom stereocenters. The summed E-state index contributed by atoms with van der Waals surface area (Å²) in [5.41, 5.74) is 8.49. The van der Waals surface area contributed by atoms with Crippen LogP contribution in [0, 0.1) is 5.41 Å². The molecule has 0 radical (unpaired) electrons. The molecule has 3 aromatic rings. The van der Waals surface area contributed by atoms with E-state index in [0.29, 0.717) is 34.1 Å². The van der Waals surface area contributed by atoms with Crippen LogP contribution in [0.1, 0.15) is 35.7 Å². The zero-order valence-electron chi connectivity index (χ0n) is 18.4. The van der Waals surface area contributed by atoms with Gasteiger partial charge in [0, 0.05) is 31.4 Å². The smallest absolute Gasteiger partial charge is 0.257 e. The molecular formula is C24H28N6O2. The van der Waals surface area contributed by atoms with E-state index in [1.165, 1.54) is 6.42 Å². The van der Waals surface area contributed by atoms with Gasteiger partial charge in [-0.15, -0.1) is 0 Å². The summed E-state index contributed by atoms with van der Waals surface area (Å²) in [5, 5.41) is 7.49. The van der Waals surface area contributed by atoms with Crippen molar-refractivity contribution < 1.29 is 9.53 Å². The number of carbonyl (C=O) groups is 1. The van der Waals surface area contributed by atoms with Crippen molar-refractivity contribution in [1.29, 1.82) is 0 Å². The molecule has 5 rings (SSSR count). The van der Waals surface area contributed by atoms with Gasteiger partial charge in [-0.2, -0.15) is 5.10 Å². The molecule has 1 saturated heterocycles. The summed E-state index contributed by atoms with van der Waals surface area (Å²) in [6, 6.07) is 13.3. The number of ether oxygens (including phenoxy) is 1. The van der Waals surface area contributed by atoms with Crippen LogP contribution in [0.15, 0.2) is 48.7 Å². The summed E-state index contributed by atoms with van der Waals surface area (Å²) in [6.07, 6.45) is 4.96. The highest BCUT2D eigenvalue weighted by Crippen LogP contribution is 2.54. The first-order valence-corrected chi connectivity index (χ1v) is 11.0. The number of nitrogens with one attached hydrogen (secondary N) is 1. The zero-order chi connectivity index (χ0) is 22.3. The maximum Gasteiger partial charge on any atom is 0.257 e. The molecule has 32 heavy (non-hydrogen) atoms. The van der Waals surface area contributed by atoms with Crippen LogP contribution in [-0.4, -0.2) is 52.8 Å². The van der Waals surface area contributed by atoms with Crippen LogP contribution < -0.4 is 15.8 Å². The van der Waals surface area contributed by atoms with E-state index in [9.17, 15) is 4.79 Å². The maximum atomic E-state index is 12.7. The first-order chi connectivity index (χ1) is 15.5. The van der Waals surface area contributed by atoms with E-state index in [1.807, 2.05) is 41.1 Å². The number of hydrogen-bond donors (Lipinski definition) is 2. The Hall–Kier alpha value is -3.39. The van der Waals surface area contributed by atoms with Crippen LogP contribution in [0.25, 0.3) is 11.3 Å². The number of nitrogen functional groups attached to an aromatic ring is 1. The van der Waals surface area contributed by atoms with Gasteiger partial charge in [-0.05, 0) is 56.5 Å². The molecule has 2 fully saturated rings. The molecule has 0 bridgehead atoms. The number of rotatable bonds is 5. The number of para-hydroxylation sites is 1. The Labute approximate surface area is 187 Å². The van der Waals surface area contributed by atoms with Crippen LogP contribution >= 0.6 is 0 Å². The van der Waals surface area contributed by atoms with Gasteiger partial charge in [0.2, 0.25) is 5.88 Å². The lowest BCUT2D eigenvalue weighted by atomic mass is 9.65. The summed E-state index contributed by atoms with van der Waals surface area (Å²) in [4.78, 5) is 19.5. The van der Waals surface area contributed by atoms with Crippen molar-refractivity contribution in [2.45, 2.75) is 25.3 Å². The number of benzene rings is 1.